The lowest BCUT2D eigenvalue weighted by molar-refractivity contribution is -0.138. The molecular weight excluding hydrogens is 420 g/mol. The molecule has 0 aliphatic carbocycles. The minimum absolute atomic E-state index is 0.0432. The van der Waals surface area contributed by atoms with Crippen molar-refractivity contribution >= 4 is 17.7 Å². The van der Waals surface area contributed by atoms with E-state index in [1.807, 2.05) is 52.0 Å². The van der Waals surface area contributed by atoms with Gasteiger partial charge >= 0.3 is 0 Å². The fraction of sp³-hybridized carbons (Fsp3) is 0.640. The Morgan fingerprint density at radius 2 is 1.76 bits per heavy atom. The fourth-order valence-corrected chi connectivity index (χ4v) is 4.15. The number of carbonyl (C=O) groups is 3. The first-order valence-corrected chi connectivity index (χ1v) is 11.9. The molecule has 1 aromatic rings. The minimum Gasteiger partial charge on any atom is -0.496 e. The predicted octanol–water partition coefficient (Wildman–Crippen LogP) is 2.06. The van der Waals surface area contributed by atoms with Gasteiger partial charge in [-0.25, -0.2) is 0 Å². The minimum atomic E-state index is -0.633. The third kappa shape index (κ3) is 7.74. The summed E-state index contributed by atoms with van der Waals surface area (Å²) in [6.07, 6.45) is 1.79. The van der Waals surface area contributed by atoms with Crippen LogP contribution in [0.4, 0.5) is 0 Å². The lowest BCUT2D eigenvalue weighted by atomic mass is 9.93. The largest absolute Gasteiger partial charge is 0.496 e. The van der Waals surface area contributed by atoms with Gasteiger partial charge in [-0.2, -0.15) is 0 Å². The van der Waals surface area contributed by atoms with Crippen LogP contribution in [0.2, 0.25) is 0 Å². The van der Waals surface area contributed by atoms with E-state index >= 15 is 0 Å². The van der Waals surface area contributed by atoms with Crippen molar-refractivity contribution in [1.82, 2.24) is 15.5 Å². The zero-order valence-electron chi connectivity index (χ0n) is 20.6. The summed E-state index contributed by atoms with van der Waals surface area (Å²) < 4.78 is 5.33. The molecule has 1 aromatic carbocycles. The summed E-state index contributed by atoms with van der Waals surface area (Å²) >= 11 is 0. The Hall–Kier alpha value is -2.61. The number of piperidine rings is 1. The smallest absolute Gasteiger partial charge is 0.243 e. The molecule has 0 saturated carbocycles. The standard InChI is InChI=1S/C25H40N4O4/c1-16(2)14-20(26)25(32)29-12-10-18(11-13-29)23(30)28-22(17(3)4)24(31)27-15-19-8-6-7-9-21(19)33-5/h6-9,16-18,20,22H,10-15,26H2,1-5H3,(H,27,31)(H,28,30). The maximum Gasteiger partial charge on any atom is 0.243 e. The van der Waals surface area contributed by atoms with Crippen molar-refractivity contribution in [1.29, 1.82) is 0 Å². The first-order chi connectivity index (χ1) is 15.6. The highest BCUT2D eigenvalue weighted by molar-refractivity contribution is 5.89. The molecule has 8 nitrogen and oxygen atoms in total. The Bertz CT molecular complexity index is 803. The Morgan fingerprint density at radius 1 is 1.12 bits per heavy atom. The highest BCUT2D eigenvalue weighted by Crippen LogP contribution is 2.20. The number of nitrogens with two attached hydrogens (primary N) is 1. The monoisotopic (exact) mass is 460 g/mol. The van der Waals surface area contributed by atoms with Crippen molar-refractivity contribution in [3.8, 4) is 5.75 Å². The maximum absolute atomic E-state index is 12.9. The van der Waals surface area contributed by atoms with E-state index in [2.05, 4.69) is 10.6 Å². The van der Waals surface area contributed by atoms with Gasteiger partial charge in [0.1, 0.15) is 11.8 Å². The van der Waals surface area contributed by atoms with E-state index in [1.54, 1.807) is 12.0 Å². The van der Waals surface area contributed by atoms with Crippen LogP contribution in [0, 0.1) is 17.8 Å². The summed E-state index contributed by atoms with van der Waals surface area (Å²) in [6.45, 7) is 9.24. The van der Waals surface area contributed by atoms with Crippen molar-refractivity contribution < 1.29 is 19.1 Å². The summed E-state index contributed by atoms with van der Waals surface area (Å²) in [5.41, 5.74) is 6.91. The van der Waals surface area contributed by atoms with Gasteiger partial charge in [0.15, 0.2) is 0 Å². The van der Waals surface area contributed by atoms with Crippen LogP contribution >= 0.6 is 0 Å². The molecule has 2 rings (SSSR count). The number of hydrogen-bond donors (Lipinski definition) is 3. The number of nitrogens with one attached hydrogen (secondary N) is 2. The Morgan fingerprint density at radius 3 is 2.33 bits per heavy atom. The number of ether oxygens (including phenoxy) is 1. The molecule has 1 aliphatic heterocycles. The molecule has 3 amide bonds. The normalized spacial score (nSPS) is 16.4. The predicted molar refractivity (Wildman–Crippen MR) is 128 cm³/mol. The van der Waals surface area contributed by atoms with Gasteiger partial charge < -0.3 is 26.0 Å². The van der Waals surface area contributed by atoms with Gasteiger partial charge in [0.25, 0.3) is 0 Å². The zero-order valence-corrected chi connectivity index (χ0v) is 20.6. The average Bonchev–Trinajstić information content (AvgIpc) is 2.79. The van der Waals surface area contributed by atoms with E-state index in [0.717, 1.165) is 5.56 Å². The molecule has 33 heavy (non-hydrogen) atoms. The first kappa shape index (κ1) is 26.6. The first-order valence-electron chi connectivity index (χ1n) is 11.9. The van der Waals surface area contributed by atoms with E-state index in [-0.39, 0.29) is 29.6 Å². The Kier molecular flexibility index (Phi) is 10.2. The summed E-state index contributed by atoms with van der Waals surface area (Å²) in [5.74, 6) is 0.363. The van der Waals surface area contributed by atoms with Crippen LogP contribution in [0.25, 0.3) is 0 Å². The topological polar surface area (TPSA) is 114 Å². The quantitative estimate of drug-likeness (QED) is 0.495. The third-order valence-electron chi connectivity index (χ3n) is 6.11. The number of likely N-dealkylation sites (tertiary alicyclic amines) is 1. The lowest BCUT2D eigenvalue weighted by Crippen LogP contribution is -2.53. The molecule has 1 aliphatic rings. The second-order valence-corrected chi connectivity index (χ2v) is 9.60. The number of amides is 3. The third-order valence-corrected chi connectivity index (χ3v) is 6.11. The van der Waals surface area contributed by atoms with Crippen LogP contribution in [-0.2, 0) is 20.9 Å². The molecule has 1 saturated heterocycles. The van der Waals surface area contributed by atoms with Crippen molar-refractivity contribution in [2.24, 2.45) is 23.5 Å². The van der Waals surface area contributed by atoms with E-state index in [0.29, 0.717) is 50.6 Å². The van der Waals surface area contributed by atoms with Crippen LogP contribution in [0.15, 0.2) is 24.3 Å². The lowest BCUT2D eigenvalue weighted by Gasteiger charge is -2.34. The molecule has 2 unspecified atom stereocenters. The van der Waals surface area contributed by atoms with Gasteiger partial charge in [0.2, 0.25) is 17.7 Å². The summed E-state index contributed by atoms with van der Waals surface area (Å²) in [4.78, 5) is 40.1. The molecule has 4 N–H and O–H groups in total. The number of nitrogens with zero attached hydrogens (tertiary/aromatic N) is 1. The summed E-state index contributed by atoms with van der Waals surface area (Å²) in [6, 6.07) is 6.37. The van der Waals surface area contributed by atoms with Gasteiger partial charge in [0.05, 0.1) is 13.2 Å². The molecule has 0 aromatic heterocycles. The van der Waals surface area contributed by atoms with E-state index in [9.17, 15) is 14.4 Å². The maximum atomic E-state index is 12.9. The molecule has 0 radical (unpaired) electrons. The highest BCUT2D eigenvalue weighted by Gasteiger charge is 2.32. The van der Waals surface area contributed by atoms with Crippen molar-refractivity contribution in [2.45, 2.75) is 65.6 Å². The zero-order chi connectivity index (χ0) is 24.5. The molecule has 184 valence electrons. The second-order valence-electron chi connectivity index (χ2n) is 9.60. The summed E-state index contributed by atoms with van der Waals surface area (Å²) in [7, 11) is 1.59. The van der Waals surface area contributed by atoms with Crippen LogP contribution in [0.3, 0.4) is 0 Å². The van der Waals surface area contributed by atoms with Crippen LogP contribution in [0.1, 0.15) is 52.5 Å². The van der Waals surface area contributed by atoms with Gasteiger partial charge in [-0.15, -0.1) is 0 Å². The molecular formula is C25H40N4O4. The van der Waals surface area contributed by atoms with Crippen molar-refractivity contribution in [2.75, 3.05) is 20.2 Å². The van der Waals surface area contributed by atoms with E-state index < -0.39 is 12.1 Å². The number of rotatable bonds is 10. The Balaban J connectivity index is 1.88. The summed E-state index contributed by atoms with van der Waals surface area (Å²) in [5, 5.41) is 5.85. The number of benzene rings is 1. The van der Waals surface area contributed by atoms with Gasteiger partial charge in [-0.05, 0) is 37.2 Å². The number of methoxy groups -OCH3 is 1. The molecule has 0 bridgehead atoms. The molecule has 2 atom stereocenters. The molecule has 8 heteroatoms. The van der Waals surface area contributed by atoms with Gasteiger partial charge in [-0.3, -0.25) is 14.4 Å². The van der Waals surface area contributed by atoms with E-state index in [4.69, 9.17) is 10.5 Å². The second kappa shape index (κ2) is 12.6. The average molecular weight is 461 g/mol. The van der Waals surface area contributed by atoms with Gasteiger partial charge in [0, 0.05) is 31.1 Å². The fourth-order valence-electron chi connectivity index (χ4n) is 4.15. The van der Waals surface area contributed by atoms with Crippen molar-refractivity contribution in [3.05, 3.63) is 29.8 Å². The van der Waals surface area contributed by atoms with Crippen molar-refractivity contribution in [3.63, 3.8) is 0 Å². The molecule has 1 heterocycles. The van der Waals surface area contributed by atoms with Gasteiger partial charge in [-0.1, -0.05) is 45.9 Å². The number of hydrogen-bond acceptors (Lipinski definition) is 5. The van der Waals surface area contributed by atoms with Crippen LogP contribution in [0.5, 0.6) is 5.75 Å². The van der Waals surface area contributed by atoms with E-state index in [1.165, 1.54) is 0 Å². The Labute approximate surface area is 197 Å². The number of carbonyl (C=O) groups excluding carboxylic acids is 3. The number of para-hydroxylation sites is 1. The van der Waals surface area contributed by atoms with Crippen LogP contribution < -0.4 is 21.1 Å². The molecule has 0 spiro atoms. The van der Waals surface area contributed by atoms with Crippen LogP contribution in [-0.4, -0.2) is 54.9 Å². The molecule has 1 fully saturated rings. The highest BCUT2D eigenvalue weighted by atomic mass is 16.5. The SMILES string of the molecule is COc1ccccc1CNC(=O)C(NC(=O)C1CCN(C(=O)C(N)CC(C)C)CC1)C(C)C.